The van der Waals surface area contributed by atoms with Crippen molar-refractivity contribution >= 4 is 34.5 Å². The van der Waals surface area contributed by atoms with E-state index in [1.165, 1.54) is 5.56 Å². The summed E-state index contributed by atoms with van der Waals surface area (Å²) in [5.41, 5.74) is 2.37. The molecule has 9 nitrogen and oxygen atoms in total. The molecule has 0 bridgehead atoms. The highest BCUT2D eigenvalue weighted by Crippen LogP contribution is 2.31. The normalized spacial score (nSPS) is 17.0. The van der Waals surface area contributed by atoms with Crippen LogP contribution in [0, 0.1) is 0 Å². The van der Waals surface area contributed by atoms with Crippen LogP contribution in [0.1, 0.15) is 18.4 Å². The second kappa shape index (κ2) is 8.84. The number of nitrogens with one attached hydrogen (secondary N) is 1. The van der Waals surface area contributed by atoms with E-state index >= 15 is 0 Å². The Bertz CT molecular complexity index is 1060. The Morgan fingerprint density at radius 1 is 1.03 bits per heavy atom. The van der Waals surface area contributed by atoms with Crippen molar-refractivity contribution in [2.75, 3.05) is 55.7 Å². The van der Waals surface area contributed by atoms with Crippen LogP contribution in [0.5, 0.6) is 5.88 Å². The third kappa shape index (κ3) is 4.38. The number of aryl methyl sites for hydroxylation is 1. The van der Waals surface area contributed by atoms with Crippen LogP contribution in [-0.4, -0.2) is 70.4 Å². The molecule has 1 N–H and O–H groups in total. The highest BCUT2D eigenvalue weighted by atomic mass is 35.5. The third-order valence-electron chi connectivity index (χ3n) is 5.76. The maximum Gasteiger partial charge on any atom is 0.254 e. The first-order chi connectivity index (χ1) is 15.2. The maximum absolute atomic E-state index is 6.46. The first kappa shape index (κ1) is 20.3. The molecule has 2 saturated heterocycles. The minimum atomic E-state index is 0.250. The number of anilines is 2. The number of hydrogen-bond donors (Lipinski definition) is 1. The number of ether oxygens (including phenoxy) is 1. The zero-order valence-corrected chi connectivity index (χ0v) is 18.5. The first-order valence-electron chi connectivity index (χ1n) is 10.9. The predicted octanol–water partition coefficient (Wildman–Crippen LogP) is 2.04. The second-order valence-corrected chi connectivity index (χ2v) is 8.41. The Balaban J connectivity index is 1.46. The molecule has 0 saturated carbocycles. The molecule has 0 radical (unpaired) electrons. The quantitative estimate of drug-likeness (QED) is 0.621. The maximum atomic E-state index is 6.46. The molecule has 164 valence electrons. The van der Waals surface area contributed by atoms with Crippen molar-refractivity contribution in [2.24, 2.45) is 7.05 Å². The van der Waals surface area contributed by atoms with Crippen molar-refractivity contribution in [2.45, 2.75) is 19.3 Å². The minimum Gasteiger partial charge on any atom is -0.475 e. The van der Waals surface area contributed by atoms with Crippen molar-refractivity contribution < 1.29 is 4.74 Å². The molecule has 3 aromatic heterocycles. The number of piperazine rings is 1. The molecule has 0 spiro atoms. The molecule has 0 aliphatic carbocycles. The van der Waals surface area contributed by atoms with Gasteiger partial charge in [0.2, 0.25) is 5.95 Å². The summed E-state index contributed by atoms with van der Waals surface area (Å²) in [6.07, 6.45) is 7.16. The van der Waals surface area contributed by atoms with Crippen LogP contribution in [0.4, 0.5) is 11.8 Å². The molecule has 3 aromatic rings. The number of halogens is 1. The fourth-order valence-corrected chi connectivity index (χ4v) is 4.29. The van der Waals surface area contributed by atoms with Gasteiger partial charge in [0.15, 0.2) is 22.1 Å². The van der Waals surface area contributed by atoms with Crippen molar-refractivity contribution in [1.29, 1.82) is 0 Å². The van der Waals surface area contributed by atoms with Crippen molar-refractivity contribution in [3.05, 3.63) is 29.2 Å². The average molecular weight is 443 g/mol. The van der Waals surface area contributed by atoms with Crippen molar-refractivity contribution in [3.8, 4) is 5.88 Å². The van der Waals surface area contributed by atoms with E-state index in [2.05, 4.69) is 37.3 Å². The van der Waals surface area contributed by atoms with Gasteiger partial charge in [0.25, 0.3) is 5.88 Å². The summed E-state index contributed by atoms with van der Waals surface area (Å²) in [6.45, 7) is 5.96. The fraction of sp³-hybridized carbons (Fsp3) is 0.524. The molecule has 0 aromatic carbocycles. The van der Waals surface area contributed by atoms with E-state index in [4.69, 9.17) is 26.3 Å². The Hall–Kier alpha value is -2.65. The lowest BCUT2D eigenvalue weighted by Crippen LogP contribution is -2.44. The third-order valence-corrected chi connectivity index (χ3v) is 6.00. The van der Waals surface area contributed by atoms with Crippen LogP contribution in [0.2, 0.25) is 5.15 Å². The van der Waals surface area contributed by atoms with Gasteiger partial charge in [-0.05, 0) is 24.5 Å². The summed E-state index contributed by atoms with van der Waals surface area (Å²) in [5.74, 6) is 1.84. The molecule has 5 heterocycles. The molecule has 0 atom stereocenters. The van der Waals surface area contributed by atoms with Gasteiger partial charge in [-0.2, -0.15) is 15.0 Å². The van der Waals surface area contributed by atoms with Gasteiger partial charge in [-0.15, -0.1) is 0 Å². The Morgan fingerprint density at radius 2 is 1.84 bits per heavy atom. The van der Waals surface area contributed by atoms with E-state index in [1.807, 2.05) is 17.8 Å². The van der Waals surface area contributed by atoms with Crippen LogP contribution in [-0.2, 0) is 13.5 Å². The fourth-order valence-electron chi connectivity index (χ4n) is 4.11. The van der Waals surface area contributed by atoms with E-state index < -0.39 is 0 Å². The highest BCUT2D eigenvalue weighted by Gasteiger charge is 2.24. The van der Waals surface area contributed by atoms with E-state index in [0.29, 0.717) is 29.6 Å². The number of fused-ring (bicyclic) bond motifs is 1. The topological polar surface area (TPSA) is 84.2 Å². The number of rotatable bonds is 6. The molecule has 2 aliphatic rings. The van der Waals surface area contributed by atoms with Gasteiger partial charge in [-0.25, -0.2) is 4.98 Å². The SMILES string of the molecule is Cn1ccc(CCOc2nc3nc(N4CCNCC4)nc(N4CCCC4)c3nc2Cl)c1. The monoisotopic (exact) mass is 442 g/mol. The van der Waals surface area contributed by atoms with Crippen LogP contribution in [0.3, 0.4) is 0 Å². The molecule has 0 unspecified atom stereocenters. The zero-order chi connectivity index (χ0) is 21.2. The van der Waals surface area contributed by atoms with E-state index in [0.717, 1.165) is 64.3 Å². The zero-order valence-electron chi connectivity index (χ0n) is 17.7. The van der Waals surface area contributed by atoms with E-state index in [1.54, 1.807) is 0 Å². The van der Waals surface area contributed by atoms with Crippen molar-refractivity contribution in [1.82, 2.24) is 29.8 Å². The lowest BCUT2D eigenvalue weighted by molar-refractivity contribution is 0.309. The van der Waals surface area contributed by atoms with Gasteiger partial charge in [-0.1, -0.05) is 11.6 Å². The largest absolute Gasteiger partial charge is 0.475 e. The Labute approximate surface area is 186 Å². The Morgan fingerprint density at radius 3 is 2.58 bits per heavy atom. The van der Waals surface area contributed by atoms with Crippen LogP contribution < -0.4 is 19.9 Å². The van der Waals surface area contributed by atoms with Gasteiger partial charge in [0.05, 0.1) is 6.61 Å². The summed E-state index contributed by atoms with van der Waals surface area (Å²) >= 11 is 6.46. The molecule has 2 fully saturated rings. The lowest BCUT2D eigenvalue weighted by atomic mass is 10.2. The summed E-state index contributed by atoms with van der Waals surface area (Å²) < 4.78 is 7.92. The summed E-state index contributed by atoms with van der Waals surface area (Å²) in [5, 5.41) is 3.62. The van der Waals surface area contributed by atoms with Gasteiger partial charge < -0.3 is 24.4 Å². The van der Waals surface area contributed by atoms with Gasteiger partial charge in [0, 0.05) is 65.1 Å². The molecule has 10 heteroatoms. The Kier molecular flexibility index (Phi) is 5.78. The van der Waals surface area contributed by atoms with Crippen LogP contribution in [0.25, 0.3) is 11.2 Å². The lowest BCUT2D eigenvalue weighted by Gasteiger charge is -2.28. The van der Waals surface area contributed by atoms with Gasteiger partial charge in [0.1, 0.15) is 0 Å². The van der Waals surface area contributed by atoms with Gasteiger partial charge in [-0.3, -0.25) is 0 Å². The number of nitrogens with zero attached hydrogens (tertiary/aromatic N) is 7. The molecule has 5 rings (SSSR count). The molecule has 2 aliphatic heterocycles. The highest BCUT2D eigenvalue weighted by molar-refractivity contribution is 6.31. The molecular formula is C21H27ClN8O. The summed E-state index contributed by atoms with van der Waals surface area (Å²) in [6, 6.07) is 2.08. The smallest absolute Gasteiger partial charge is 0.254 e. The predicted molar refractivity (Wildman–Crippen MR) is 121 cm³/mol. The minimum absolute atomic E-state index is 0.250. The number of hydrogen-bond acceptors (Lipinski definition) is 8. The molecule has 31 heavy (non-hydrogen) atoms. The van der Waals surface area contributed by atoms with E-state index in [-0.39, 0.29) is 5.15 Å². The summed E-state index contributed by atoms with van der Waals surface area (Å²) in [4.78, 5) is 23.4. The van der Waals surface area contributed by atoms with Gasteiger partial charge >= 0.3 is 0 Å². The first-order valence-corrected chi connectivity index (χ1v) is 11.2. The second-order valence-electron chi connectivity index (χ2n) is 8.05. The average Bonchev–Trinajstić information content (AvgIpc) is 3.46. The standard InChI is InChI=1S/C21H27ClN8O/c1-28-10-4-15(14-28)5-13-31-20-17(22)24-16-18(25-20)26-21(30-11-6-23-7-12-30)27-19(16)29-8-2-3-9-29/h4,10,14,23H,2-3,5-9,11-13H2,1H3. The number of aromatic nitrogens is 5. The van der Waals surface area contributed by atoms with Crippen LogP contribution >= 0.6 is 11.6 Å². The van der Waals surface area contributed by atoms with Crippen LogP contribution in [0.15, 0.2) is 18.5 Å². The summed E-state index contributed by atoms with van der Waals surface area (Å²) in [7, 11) is 2.00. The van der Waals surface area contributed by atoms with E-state index in [9.17, 15) is 0 Å². The molecular weight excluding hydrogens is 416 g/mol. The molecule has 0 amide bonds. The van der Waals surface area contributed by atoms with Crippen molar-refractivity contribution in [3.63, 3.8) is 0 Å².